The molecule has 0 aliphatic rings. The Morgan fingerprint density at radius 2 is 2.17 bits per heavy atom. The smallest absolute Gasteiger partial charge is 0.241 e. The summed E-state index contributed by atoms with van der Waals surface area (Å²) in [5, 5.41) is 9.35. The largest absolute Gasteiger partial charge is 0.495 e. The number of sulfonamides is 1. The Hall–Kier alpha value is -0.820. The lowest BCUT2D eigenvalue weighted by atomic mass is 10.3. The average Bonchev–Trinajstić information content (AvgIpc) is 2.36. The summed E-state index contributed by atoms with van der Waals surface area (Å²) in [6.45, 7) is 1.53. The van der Waals surface area contributed by atoms with Gasteiger partial charge in [-0.1, -0.05) is 18.5 Å². The highest BCUT2D eigenvalue weighted by molar-refractivity contribution is 7.89. The van der Waals surface area contributed by atoms with Crippen LogP contribution in [-0.4, -0.2) is 33.3 Å². The topological polar surface area (TPSA) is 75.6 Å². The fourth-order valence-corrected chi connectivity index (χ4v) is 2.86. The molecule has 102 valence electrons. The molecule has 0 spiro atoms. The molecule has 0 radical (unpaired) electrons. The first-order chi connectivity index (χ1) is 8.44. The highest BCUT2D eigenvalue weighted by Gasteiger charge is 2.19. The summed E-state index contributed by atoms with van der Waals surface area (Å²) in [6.07, 6.45) is 0.500. The van der Waals surface area contributed by atoms with Crippen LogP contribution in [0.5, 0.6) is 5.75 Å². The minimum Gasteiger partial charge on any atom is -0.495 e. The lowest BCUT2D eigenvalue weighted by molar-refractivity contribution is 0.254. The number of halogens is 1. The fraction of sp³-hybridized carbons (Fsp3) is 0.455. The average molecular weight is 294 g/mol. The summed E-state index contributed by atoms with van der Waals surface area (Å²) < 4.78 is 31.4. The zero-order chi connectivity index (χ0) is 13.8. The van der Waals surface area contributed by atoms with Gasteiger partial charge in [0.25, 0.3) is 0 Å². The van der Waals surface area contributed by atoms with Crippen molar-refractivity contribution in [2.45, 2.75) is 24.3 Å². The van der Waals surface area contributed by atoms with Crippen LogP contribution in [0.3, 0.4) is 0 Å². The first-order valence-corrected chi connectivity index (χ1v) is 7.27. The van der Waals surface area contributed by atoms with Gasteiger partial charge in [-0.2, -0.15) is 0 Å². The van der Waals surface area contributed by atoms with Gasteiger partial charge in [-0.25, -0.2) is 13.1 Å². The van der Waals surface area contributed by atoms with E-state index in [1.165, 1.54) is 25.3 Å². The third-order valence-corrected chi connectivity index (χ3v) is 4.30. The Balaban J connectivity index is 3.05. The van der Waals surface area contributed by atoms with Crippen LogP contribution in [0.15, 0.2) is 23.1 Å². The highest BCUT2D eigenvalue weighted by atomic mass is 35.5. The number of aliphatic hydroxyl groups excluding tert-OH is 1. The molecule has 0 fully saturated rings. The highest BCUT2D eigenvalue weighted by Crippen LogP contribution is 2.27. The van der Waals surface area contributed by atoms with E-state index in [0.717, 1.165) is 0 Å². The van der Waals surface area contributed by atoms with Crippen molar-refractivity contribution in [1.29, 1.82) is 0 Å². The van der Waals surface area contributed by atoms with Gasteiger partial charge in [-0.15, -0.1) is 0 Å². The second-order valence-corrected chi connectivity index (χ2v) is 5.83. The number of methoxy groups -OCH3 is 1. The second-order valence-electron chi connectivity index (χ2n) is 3.71. The Morgan fingerprint density at radius 3 is 2.67 bits per heavy atom. The van der Waals surface area contributed by atoms with Gasteiger partial charge < -0.3 is 9.84 Å². The minimum atomic E-state index is -3.68. The molecule has 0 heterocycles. The molecule has 18 heavy (non-hydrogen) atoms. The van der Waals surface area contributed by atoms with E-state index in [1.54, 1.807) is 6.92 Å². The maximum Gasteiger partial charge on any atom is 0.241 e. The molecule has 1 aromatic rings. The molecule has 0 aliphatic carbocycles. The lowest BCUT2D eigenvalue weighted by Gasteiger charge is -2.15. The van der Waals surface area contributed by atoms with Crippen LogP contribution in [-0.2, 0) is 10.0 Å². The van der Waals surface area contributed by atoms with E-state index in [4.69, 9.17) is 21.4 Å². The van der Waals surface area contributed by atoms with Crippen molar-refractivity contribution in [3.8, 4) is 5.75 Å². The number of ether oxygens (including phenoxy) is 1. The molecule has 0 aliphatic heterocycles. The molecule has 5 nitrogen and oxygen atoms in total. The summed E-state index contributed by atoms with van der Waals surface area (Å²) in [5.74, 6) is 0.289. The van der Waals surface area contributed by atoms with Gasteiger partial charge in [0.2, 0.25) is 10.0 Å². The fourth-order valence-electron chi connectivity index (χ4n) is 1.34. The van der Waals surface area contributed by atoms with Gasteiger partial charge in [0.05, 0.1) is 23.6 Å². The van der Waals surface area contributed by atoms with E-state index in [9.17, 15) is 8.42 Å². The quantitative estimate of drug-likeness (QED) is 0.831. The number of aliphatic hydroxyl groups is 1. The van der Waals surface area contributed by atoms with Crippen molar-refractivity contribution in [2.75, 3.05) is 13.7 Å². The van der Waals surface area contributed by atoms with E-state index >= 15 is 0 Å². The predicted molar refractivity (Wildman–Crippen MR) is 69.5 cm³/mol. The number of hydrogen-bond acceptors (Lipinski definition) is 4. The van der Waals surface area contributed by atoms with Crippen molar-refractivity contribution < 1.29 is 18.3 Å². The number of nitrogens with one attached hydrogen (secondary N) is 1. The van der Waals surface area contributed by atoms with E-state index in [2.05, 4.69) is 4.72 Å². The summed E-state index contributed by atoms with van der Waals surface area (Å²) >= 11 is 5.83. The SMILES string of the molecule is CC[C@H](CO)NS(=O)(=O)c1ccc(Cl)c(OC)c1. The van der Waals surface area contributed by atoms with Gasteiger partial charge in [0.15, 0.2) is 0 Å². The second kappa shape index (κ2) is 6.38. The predicted octanol–water partition coefficient (Wildman–Crippen LogP) is 1.40. The molecule has 0 amide bonds. The number of benzene rings is 1. The van der Waals surface area contributed by atoms with E-state index in [1.807, 2.05) is 0 Å². The number of rotatable bonds is 6. The van der Waals surface area contributed by atoms with Crippen LogP contribution >= 0.6 is 11.6 Å². The normalized spacial score (nSPS) is 13.3. The van der Waals surface area contributed by atoms with Gasteiger partial charge >= 0.3 is 0 Å². The van der Waals surface area contributed by atoms with Crippen LogP contribution in [0, 0.1) is 0 Å². The van der Waals surface area contributed by atoms with Crippen LogP contribution in [0.2, 0.25) is 5.02 Å². The van der Waals surface area contributed by atoms with E-state index in [-0.39, 0.29) is 17.3 Å². The van der Waals surface area contributed by atoms with Gasteiger partial charge in [0.1, 0.15) is 5.75 Å². The molecular weight excluding hydrogens is 278 g/mol. The molecule has 0 saturated heterocycles. The molecule has 1 aromatic carbocycles. The monoisotopic (exact) mass is 293 g/mol. The van der Waals surface area contributed by atoms with Gasteiger partial charge in [0, 0.05) is 12.1 Å². The molecule has 0 saturated carbocycles. The summed E-state index contributed by atoms with van der Waals surface area (Å²) in [5.41, 5.74) is 0. The molecule has 7 heteroatoms. The lowest BCUT2D eigenvalue weighted by Crippen LogP contribution is -2.36. The molecule has 0 aromatic heterocycles. The van der Waals surface area contributed by atoms with Crippen molar-refractivity contribution >= 4 is 21.6 Å². The van der Waals surface area contributed by atoms with Crippen LogP contribution < -0.4 is 9.46 Å². The van der Waals surface area contributed by atoms with Crippen LogP contribution in [0.1, 0.15) is 13.3 Å². The Morgan fingerprint density at radius 1 is 1.50 bits per heavy atom. The third-order valence-electron chi connectivity index (χ3n) is 2.47. The van der Waals surface area contributed by atoms with Gasteiger partial charge in [-0.3, -0.25) is 0 Å². The number of hydrogen-bond donors (Lipinski definition) is 2. The van der Waals surface area contributed by atoms with Gasteiger partial charge in [-0.05, 0) is 18.6 Å². The van der Waals surface area contributed by atoms with Crippen molar-refractivity contribution in [1.82, 2.24) is 4.72 Å². The maximum atomic E-state index is 12.0. The first kappa shape index (κ1) is 15.2. The first-order valence-electron chi connectivity index (χ1n) is 5.41. The van der Waals surface area contributed by atoms with E-state index in [0.29, 0.717) is 11.4 Å². The van der Waals surface area contributed by atoms with Crippen molar-refractivity contribution in [2.24, 2.45) is 0 Å². The van der Waals surface area contributed by atoms with Crippen LogP contribution in [0.25, 0.3) is 0 Å². The Kier molecular flexibility index (Phi) is 5.40. The Bertz CT molecular complexity index is 500. The summed E-state index contributed by atoms with van der Waals surface area (Å²) in [7, 11) is -2.27. The molecule has 2 N–H and O–H groups in total. The summed E-state index contributed by atoms with van der Waals surface area (Å²) in [6, 6.07) is 3.68. The third kappa shape index (κ3) is 3.58. The van der Waals surface area contributed by atoms with E-state index < -0.39 is 16.1 Å². The molecule has 0 bridgehead atoms. The van der Waals surface area contributed by atoms with Crippen molar-refractivity contribution in [3.05, 3.63) is 23.2 Å². The molecule has 1 rings (SSSR count). The molecule has 1 atom stereocenters. The minimum absolute atomic E-state index is 0.0515. The zero-order valence-corrected chi connectivity index (χ0v) is 11.8. The standard InChI is InChI=1S/C11H16ClNO4S/c1-3-8(7-14)13-18(15,16)9-4-5-10(12)11(6-9)17-2/h4-6,8,13-14H,3,7H2,1-2H3/t8-/m1/s1. The van der Waals surface area contributed by atoms with Crippen LogP contribution in [0.4, 0.5) is 0 Å². The maximum absolute atomic E-state index is 12.0. The Labute approximate surface area is 112 Å². The molecule has 0 unspecified atom stereocenters. The van der Waals surface area contributed by atoms with Crippen molar-refractivity contribution in [3.63, 3.8) is 0 Å². The summed E-state index contributed by atoms with van der Waals surface area (Å²) in [4.78, 5) is 0.0515. The zero-order valence-electron chi connectivity index (χ0n) is 10.2. The molecular formula is C11H16ClNO4S.